The van der Waals surface area contributed by atoms with E-state index in [0.29, 0.717) is 18.7 Å². The second-order valence-corrected chi connectivity index (χ2v) is 21.1. The molecule has 8 rings (SSSR count). The van der Waals surface area contributed by atoms with Crippen LogP contribution in [-0.4, -0.2) is 74.3 Å². The number of carbonyl (C=O) groups is 3. The molecule has 292 valence electrons. The Kier molecular flexibility index (Phi) is 10.4. The summed E-state index contributed by atoms with van der Waals surface area (Å²) in [4.78, 5) is 46.4. The number of aliphatic hydroxyl groups is 1. The molecule has 2 saturated heterocycles. The quantitative estimate of drug-likeness (QED) is 0.183. The molecule has 0 bridgehead atoms. The summed E-state index contributed by atoms with van der Waals surface area (Å²) in [6.45, 7) is 8.17. The zero-order valence-electron chi connectivity index (χ0n) is 32.7. The van der Waals surface area contributed by atoms with Gasteiger partial charge < -0.3 is 35.0 Å². The molecule has 4 aromatic carbocycles. The van der Waals surface area contributed by atoms with Crippen LogP contribution in [0.25, 0.3) is 0 Å². The molecule has 4 aliphatic heterocycles. The lowest BCUT2D eigenvalue weighted by atomic mass is 9.82. The Bertz CT molecular complexity index is 2120. The number of aliphatic hydroxyl groups excluding tert-OH is 1. The average molecular weight is 773 g/mol. The van der Waals surface area contributed by atoms with E-state index in [-0.39, 0.29) is 60.8 Å². The first-order valence-electron chi connectivity index (χ1n) is 19.9. The van der Waals surface area contributed by atoms with E-state index in [1.165, 1.54) is 5.19 Å². The maximum absolute atomic E-state index is 15.3. The number of carbonyl (C=O) groups excluding carboxylic acids is 3. The average Bonchev–Trinajstić information content (AvgIpc) is 3.92. The van der Waals surface area contributed by atoms with Crippen molar-refractivity contribution < 1.29 is 29.0 Å². The lowest BCUT2D eigenvalue weighted by Gasteiger charge is -2.39. The van der Waals surface area contributed by atoms with Crippen LogP contribution in [0, 0.1) is 5.92 Å². The molecule has 0 saturated carbocycles. The Balaban J connectivity index is 1.14. The molecule has 1 spiro atoms. The van der Waals surface area contributed by atoms with Gasteiger partial charge in [0.2, 0.25) is 11.8 Å². The highest BCUT2D eigenvalue weighted by atomic mass is 28.3. The summed E-state index contributed by atoms with van der Waals surface area (Å²) in [5, 5.41) is 18.0. The molecule has 2 fully saturated rings. The number of fused-ring (bicyclic) bond motifs is 3. The summed E-state index contributed by atoms with van der Waals surface area (Å²) < 4.78 is 12.8. The Morgan fingerprint density at radius 2 is 1.75 bits per heavy atom. The van der Waals surface area contributed by atoms with Crippen LogP contribution in [0.5, 0.6) is 5.75 Å². The van der Waals surface area contributed by atoms with Gasteiger partial charge in [-0.15, -0.1) is 0 Å². The molecule has 4 aromatic rings. The van der Waals surface area contributed by atoms with Crippen LogP contribution < -0.4 is 25.5 Å². The molecule has 11 heteroatoms. The highest BCUT2D eigenvalue weighted by molar-refractivity contribution is 6.91. The number of nitrogens with one attached hydrogen (secondary N) is 2. The van der Waals surface area contributed by atoms with E-state index < -0.39 is 19.8 Å². The van der Waals surface area contributed by atoms with Crippen molar-refractivity contribution in [3.63, 3.8) is 0 Å². The van der Waals surface area contributed by atoms with Crippen LogP contribution in [0.1, 0.15) is 48.4 Å². The third kappa shape index (κ3) is 6.64. The molecule has 0 radical (unpaired) electrons. The molecule has 0 aliphatic carbocycles. The van der Waals surface area contributed by atoms with Crippen molar-refractivity contribution in [3.05, 3.63) is 119 Å². The van der Waals surface area contributed by atoms with Crippen LogP contribution >= 0.6 is 0 Å². The van der Waals surface area contributed by atoms with Crippen molar-refractivity contribution in [2.24, 2.45) is 5.92 Å². The third-order valence-corrected chi connectivity index (χ3v) is 17.3. The van der Waals surface area contributed by atoms with Gasteiger partial charge >= 0.3 is 0 Å². The molecular weight excluding hydrogens is 721 g/mol. The van der Waals surface area contributed by atoms with E-state index in [1.54, 1.807) is 7.11 Å². The van der Waals surface area contributed by atoms with Crippen molar-refractivity contribution in [3.8, 4) is 5.75 Å². The monoisotopic (exact) mass is 772 g/mol. The number of hydrogen-bond acceptors (Lipinski definition) is 7. The number of benzene rings is 4. The fourth-order valence-electron chi connectivity index (χ4n) is 10.0. The number of nitrogens with zero attached hydrogens (tertiary/aromatic N) is 2. The first-order valence-corrected chi connectivity index (χ1v) is 23.0. The van der Waals surface area contributed by atoms with Crippen LogP contribution in [-0.2, 0) is 44.2 Å². The van der Waals surface area contributed by atoms with Gasteiger partial charge in [-0.1, -0.05) is 91.9 Å². The number of methoxy groups -OCH3 is 1. The van der Waals surface area contributed by atoms with E-state index in [1.807, 2.05) is 88.7 Å². The smallest absolute Gasteiger partial charge is 0.264 e. The predicted molar refractivity (Wildman–Crippen MR) is 219 cm³/mol. The minimum absolute atomic E-state index is 0.0521. The van der Waals surface area contributed by atoms with Gasteiger partial charge in [0, 0.05) is 23.7 Å². The Labute approximate surface area is 330 Å². The van der Waals surface area contributed by atoms with Gasteiger partial charge in [-0.05, 0) is 78.4 Å². The summed E-state index contributed by atoms with van der Waals surface area (Å²) >= 11 is 0. The van der Waals surface area contributed by atoms with Crippen LogP contribution in [0.15, 0.2) is 97.1 Å². The number of para-hydroxylation sites is 1. The molecule has 10 nitrogen and oxygen atoms in total. The maximum atomic E-state index is 15.3. The van der Waals surface area contributed by atoms with Crippen molar-refractivity contribution in [2.45, 2.75) is 88.1 Å². The fourth-order valence-corrected chi connectivity index (χ4v) is 14.0. The lowest BCUT2D eigenvalue weighted by molar-refractivity contribution is -0.151. The molecule has 3 amide bonds. The Hall–Kier alpha value is -4.81. The molecule has 3 N–H and O–H groups in total. The van der Waals surface area contributed by atoms with Crippen LogP contribution in [0.4, 0.5) is 11.4 Å². The van der Waals surface area contributed by atoms with Crippen LogP contribution in [0.3, 0.4) is 0 Å². The first-order chi connectivity index (χ1) is 27.0. The van der Waals surface area contributed by atoms with E-state index >= 15 is 4.79 Å². The minimum atomic E-state index is -2.50. The van der Waals surface area contributed by atoms with Crippen LogP contribution in [0.2, 0.25) is 18.6 Å². The lowest BCUT2D eigenvalue weighted by Crippen LogP contribution is -2.52. The summed E-state index contributed by atoms with van der Waals surface area (Å²) in [5.41, 5.74) is 3.97. The maximum Gasteiger partial charge on any atom is 0.264 e. The van der Waals surface area contributed by atoms with Crippen molar-refractivity contribution in [1.82, 2.24) is 10.2 Å². The summed E-state index contributed by atoms with van der Waals surface area (Å²) in [7, 11) is -0.843. The number of hydrogen-bond donors (Lipinski definition) is 3. The van der Waals surface area contributed by atoms with Crippen molar-refractivity contribution >= 4 is 42.4 Å². The zero-order valence-corrected chi connectivity index (χ0v) is 33.7. The van der Waals surface area contributed by atoms with E-state index in [4.69, 9.17) is 9.47 Å². The highest BCUT2D eigenvalue weighted by Gasteiger charge is 2.66. The SMILES string of the molecule is COc1ccc([Si](C)(C)[C@@H]2[C@@H](CC(=O)N3Cc4ccccc4C[C@H]3CO)O[C@]3(C(=O)N(Cc4cccc(NC(=O)[C@H]5CCCN5)c4)c4ccccc43)[C@H]2C)cc1. The van der Waals surface area contributed by atoms with E-state index in [9.17, 15) is 14.7 Å². The second kappa shape index (κ2) is 15.3. The van der Waals surface area contributed by atoms with Gasteiger partial charge in [-0.25, -0.2) is 0 Å². The molecule has 56 heavy (non-hydrogen) atoms. The Morgan fingerprint density at radius 3 is 2.48 bits per heavy atom. The number of anilines is 2. The number of ether oxygens (including phenoxy) is 2. The third-order valence-electron chi connectivity index (χ3n) is 12.9. The van der Waals surface area contributed by atoms with Gasteiger partial charge in [-0.3, -0.25) is 14.4 Å². The van der Waals surface area contributed by atoms with Gasteiger partial charge in [0.15, 0.2) is 5.60 Å². The molecular formula is C45H52N4O6Si. The number of amides is 3. The Morgan fingerprint density at radius 1 is 1.00 bits per heavy atom. The standard InChI is InChI=1S/C45H52N4O6Si/c1-29-42(56(3,4)36-20-18-35(54-2)19-21-36)40(25-41(51)48-27-32-13-6-5-12-31(32)24-34(48)28-50)55-45(29)37-15-7-8-17-39(37)49(44(45)53)26-30-11-9-14-33(23-30)47-43(52)38-16-10-22-46-38/h5-9,11-15,17-21,23,29,34,38,40,42,46,50H,10,16,22,24-28H2,1-4H3,(H,47,52)/t29-,34-,38+,40+,42-,45+/m0/s1. The molecule has 4 aliphatic rings. The van der Waals surface area contributed by atoms with Crippen molar-refractivity contribution in [1.29, 1.82) is 0 Å². The fraction of sp³-hybridized carbons (Fsp3) is 0.400. The minimum Gasteiger partial charge on any atom is -0.497 e. The topological polar surface area (TPSA) is 120 Å². The predicted octanol–water partition coefficient (Wildman–Crippen LogP) is 5.48. The molecule has 6 atom stereocenters. The molecule has 4 heterocycles. The van der Waals surface area contributed by atoms with E-state index in [2.05, 4.69) is 48.9 Å². The van der Waals surface area contributed by atoms with Gasteiger partial charge in [-0.2, -0.15) is 0 Å². The van der Waals surface area contributed by atoms with Gasteiger partial charge in [0.1, 0.15) is 5.75 Å². The largest absolute Gasteiger partial charge is 0.497 e. The van der Waals surface area contributed by atoms with Crippen molar-refractivity contribution in [2.75, 3.05) is 30.5 Å². The zero-order chi connectivity index (χ0) is 39.2. The summed E-state index contributed by atoms with van der Waals surface area (Å²) in [5.74, 6) is 0.217. The molecule has 0 aromatic heterocycles. The normalized spacial score (nSPS) is 25.7. The highest BCUT2D eigenvalue weighted by Crippen LogP contribution is 2.60. The van der Waals surface area contributed by atoms with Gasteiger partial charge in [0.05, 0.1) is 58.6 Å². The van der Waals surface area contributed by atoms with Gasteiger partial charge in [0.25, 0.3) is 5.91 Å². The first kappa shape index (κ1) is 38.1. The second-order valence-electron chi connectivity index (χ2n) is 16.4. The summed E-state index contributed by atoms with van der Waals surface area (Å²) in [6.07, 6.45) is 1.91. The summed E-state index contributed by atoms with van der Waals surface area (Å²) in [6, 6.07) is 31.3. The van der Waals surface area contributed by atoms with E-state index in [0.717, 1.165) is 53.1 Å². The molecule has 0 unspecified atom stereocenters. The number of rotatable bonds is 10.